The monoisotopic (exact) mass is 352 g/mol. The van der Waals surface area contributed by atoms with E-state index in [2.05, 4.69) is 93.4 Å². The molecule has 0 radical (unpaired) electrons. The third-order valence-corrected chi connectivity index (χ3v) is 4.80. The number of rotatable bonds is 3. The molecule has 0 aliphatic rings. The van der Waals surface area contributed by atoms with Gasteiger partial charge in [0.25, 0.3) is 0 Å². The van der Waals surface area contributed by atoms with E-state index in [1.807, 2.05) is 0 Å². The highest BCUT2D eigenvalue weighted by atomic mass is 79.9. The van der Waals surface area contributed by atoms with Gasteiger partial charge in [-0.2, -0.15) is 0 Å². The second-order valence-corrected chi connectivity index (χ2v) is 6.05. The Hall–Kier alpha value is -0.600. The minimum absolute atomic E-state index is 0.345. The predicted octanol–water partition coefficient (Wildman–Crippen LogP) is 5.69. The van der Waals surface area contributed by atoms with Crippen LogP contribution in [0, 0.1) is 0 Å². The molecular weight excluding hydrogens is 340 g/mol. The van der Waals surface area contributed by atoms with Crippen LogP contribution in [0.5, 0.6) is 0 Å². The minimum Gasteiger partial charge on any atom is -0.0832 e. The van der Waals surface area contributed by atoms with Gasteiger partial charge in [-0.1, -0.05) is 81.2 Å². The summed E-state index contributed by atoms with van der Waals surface area (Å²) in [5.74, 6) is 0.456. The lowest BCUT2D eigenvalue weighted by atomic mass is 9.94. The number of hydrogen-bond donors (Lipinski definition) is 0. The van der Waals surface area contributed by atoms with Gasteiger partial charge >= 0.3 is 0 Å². The summed E-state index contributed by atoms with van der Waals surface area (Å²) in [6.07, 6.45) is 0. The van der Waals surface area contributed by atoms with Gasteiger partial charge in [0.15, 0.2) is 0 Å². The molecule has 0 saturated carbocycles. The lowest BCUT2D eigenvalue weighted by Gasteiger charge is -2.19. The van der Waals surface area contributed by atoms with Gasteiger partial charge < -0.3 is 0 Å². The highest BCUT2D eigenvalue weighted by molar-refractivity contribution is 9.10. The van der Waals surface area contributed by atoms with Crippen molar-refractivity contribution >= 4 is 31.9 Å². The van der Waals surface area contributed by atoms with Crippen LogP contribution in [0.1, 0.15) is 28.8 Å². The standard InChI is InChI=1S/C15H14Br2/c1-11(12-5-3-2-4-6-12)15(17)13-7-9-14(16)10-8-13/h2-11,15H,1H3. The van der Waals surface area contributed by atoms with Crippen molar-refractivity contribution in [2.75, 3.05) is 0 Å². The molecule has 2 unspecified atom stereocenters. The van der Waals surface area contributed by atoms with Crippen molar-refractivity contribution in [2.24, 2.45) is 0 Å². The van der Waals surface area contributed by atoms with Crippen molar-refractivity contribution in [3.63, 3.8) is 0 Å². The quantitative estimate of drug-likeness (QED) is 0.622. The first kappa shape index (κ1) is 12.8. The molecule has 0 nitrogen and oxygen atoms in total. The van der Waals surface area contributed by atoms with Crippen molar-refractivity contribution in [3.05, 3.63) is 70.2 Å². The Morgan fingerprint density at radius 3 is 2.00 bits per heavy atom. The first-order valence-electron chi connectivity index (χ1n) is 5.63. The van der Waals surface area contributed by atoms with Gasteiger partial charge in [0.05, 0.1) is 0 Å². The topological polar surface area (TPSA) is 0 Å². The molecule has 0 aromatic heterocycles. The Morgan fingerprint density at radius 1 is 0.824 bits per heavy atom. The van der Waals surface area contributed by atoms with E-state index in [4.69, 9.17) is 0 Å². The molecule has 2 rings (SSSR count). The zero-order chi connectivity index (χ0) is 12.3. The van der Waals surface area contributed by atoms with Crippen molar-refractivity contribution in [1.82, 2.24) is 0 Å². The summed E-state index contributed by atoms with van der Waals surface area (Å²) in [6.45, 7) is 2.25. The third-order valence-electron chi connectivity index (χ3n) is 2.95. The van der Waals surface area contributed by atoms with E-state index >= 15 is 0 Å². The first-order chi connectivity index (χ1) is 8.18. The summed E-state index contributed by atoms with van der Waals surface area (Å²) in [7, 11) is 0. The average Bonchev–Trinajstić information content (AvgIpc) is 2.39. The van der Waals surface area contributed by atoms with Gasteiger partial charge in [-0.25, -0.2) is 0 Å². The van der Waals surface area contributed by atoms with Crippen molar-refractivity contribution in [3.8, 4) is 0 Å². The van der Waals surface area contributed by atoms with Crippen molar-refractivity contribution in [1.29, 1.82) is 0 Å². The van der Waals surface area contributed by atoms with E-state index in [-0.39, 0.29) is 0 Å². The van der Waals surface area contributed by atoms with Crippen LogP contribution in [-0.2, 0) is 0 Å². The van der Waals surface area contributed by atoms with Crippen LogP contribution in [0.3, 0.4) is 0 Å². The molecule has 0 heterocycles. The van der Waals surface area contributed by atoms with Crippen LogP contribution < -0.4 is 0 Å². The largest absolute Gasteiger partial charge is 0.0832 e. The molecule has 2 aromatic carbocycles. The fourth-order valence-electron chi connectivity index (χ4n) is 1.86. The van der Waals surface area contributed by atoms with E-state index in [0.29, 0.717) is 10.7 Å². The second-order valence-electron chi connectivity index (χ2n) is 4.15. The first-order valence-corrected chi connectivity index (χ1v) is 7.34. The zero-order valence-corrected chi connectivity index (χ0v) is 12.8. The average molecular weight is 354 g/mol. The molecule has 17 heavy (non-hydrogen) atoms. The van der Waals surface area contributed by atoms with E-state index < -0.39 is 0 Å². The van der Waals surface area contributed by atoms with Gasteiger partial charge in [0.2, 0.25) is 0 Å². The fraction of sp³-hybridized carbons (Fsp3) is 0.200. The van der Waals surface area contributed by atoms with E-state index in [0.717, 1.165) is 4.47 Å². The summed E-state index contributed by atoms with van der Waals surface area (Å²) >= 11 is 7.26. The molecule has 2 heteroatoms. The summed E-state index contributed by atoms with van der Waals surface area (Å²) in [4.78, 5) is 0.345. The molecule has 0 bridgehead atoms. The summed E-state index contributed by atoms with van der Waals surface area (Å²) in [5.41, 5.74) is 2.67. The number of hydrogen-bond acceptors (Lipinski definition) is 0. The molecule has 0 fully saturated rings. The number of halogens is 2. The predicted molar refractivity (Wildman–Crippen MR) is 80.7 cm³/mol. The van der Waals surface area contributed by atoms with Gasteiger partial charge in [0.1, 0.15) is 0 Å². The third kappa shape index (κ3) is 3.20. The maximum absolute atomic E-state index is 3.80. The van der Waals surface area contributed by atoms with Gasteiger partial charge in [-0.05, 0) is 29.2 Å². The van der Waals surface area contributed by atoms with Crippen molar-refractivity contribution in [2.45, 2.75) is 17.7 Å². The normalized spacial score (nSPS) is 14.3. The SMILES string of the molecule is CC(c1ccccc1)C(Br)c1ccc(Br)cc1. The van der Waals surface area contributed by atoms with Crippen LogP contribution in [0.2, 0.25) is 0 Å². The number of alkyl halides is 1. The molecule has 0 saturated heterocycles. The van der Waals surface area contributed by atoms with Crippen LogP contribution in [0.4, 0.5) is 0 Å². The van der Waals surface area contributed by atoms with Gasteiger partial charge in [-0.3, -0.25) is 0 Å². The molecule has 0 amide bonds. The van der Waals surface area contributed by atoms with Gasteiger partial charge in [-0.15, -0.1) is 0 Å². The summed E-state index contributed by atoms with van der Waals surface area (Å²) in [5, 5.41) is 0. The molecule has 0 aliphatic carbocycles. The molecule has 0 N–H and O–H groups in total. The van der Waals surface area contributed by atoms with E-state index in [1.165, 1.54) is 11.1 Å². The minimum atomic E-state index is 0.345. The summed E-state index contributed by atoms with van der Waals surface area (Å²) in [6, 6.07) is 19.1. The maximum atomic E-state index is 3.80. The molecule has 88 valence electrons. The fourth-order valence-corrected chi connectivity index (χ4v) is 2.74. The van der Waals surface area contributed by atoms with Crippen LogP contribution in [0.25, 0.3) is 0 Å². The lowest BCUT2D eigenvalue weighted by molar-refractivity contribution is 0.752. The van der Waals surface area contributed by atoms with Crippen LogP contribution in [-0.4, -0.2) is 0 Å². The Bertz CT molecular complexity index is 462. The van der Waals surface area contributed by atoms with Gasteiger partial charge in [0, 0.05) is 9.30 Å². The molecule has 2 aromatic rings. The highest BCUT2D eigenvalue weighted by Gasteiger charge is 2.17. The zero-order valence-electron chi connectivity index (χ0n) is 9.61. The Labute approximate surface area is 119 Å². The second kappa shape index (κ2) is 5.83. The van der Waals surface area contributed by atoms with Crippen LogP contribution in [0.15, 0.2) is 59.1 Å². The maximum Gasteiger partial charge on any atom is 0.0461 e. The highest BCUT2D eigenvalue weighted by Crippen LogP contribution is 2.37. The van der Waals surface area contributed by atoms with E-state index in [1.54, 1.807) is 0 Å². The Balaban J connectivity index is 2.20. The Kier molecular flexibility index (Phi) is 4.41. The molecule has 0 aliphatic heterocycles. The number of benzene rings is 2. The molecular formula is C15H14Br2. The van der Waals surface area contributed by atoms with Crippen molar-refractivity contribution < 1.29 is 0 Å². The van der Waals surface area contributed by atoms with Crippen LogP contribution >= 0.6 is 31.9 Å². The Morgan fingerprint density at radius 2 is 1.41 bits per heavy atom. The lowest BCUT2D eigenvalue weighted by Crippen LogP contribution is -2.01. The molecule has 2 atom stereocenters. The molecule has 0 spiro atoms. The van der Waals surface area contributed by atoms with E-state index in [9.17, 15) is 0 Å². The smallest absolute Gasteiger partial charge is 0.0461 e. The summed E-state index contributed by atoms with van der Waals surface area (Å²) < 4.78 is 1.12.